The number of anilines is 1. The van der Waals surface area contributed by atoms with Crippen LogP contribution in [0.2, 0.25) is 0 Å². The zero-order valence-electron chi connectivity index (χ0n) is 11.4. The number of amides is 2. The van der Waals surface area contributed by atoms with Crippen LogP contribution in [0.15, 0.2) is 55.6 Å². The zero-order valence-corrected chi connectivity index (χ0v) is 11.4. The molecule has 1 aliphatic heterocycles. The minimum absolute atomic E-state index is 0.163. The molecular weight excluding hydrogens is 252 g/mol. The maximum atomic E-state index is 12.5. The Morgan fingerprint density at radius 3 is 2.30 bits per heavy atom. The van der Waals surface area contributed by atoms with Crippen LogP contribution in [0.1, 0.15) is 6.42 Å². The maximum Gasteiger partial charge on any atom is 0.251 e. The smallest absolute Gasteiger partial charge is 0.251 e. The van der Waals surface area contributed by atoms with Crippen LogP contribution in [0.3, 0.4) is 0 Å². The molecule has 4 nitrogen and oxygen atoms in total. The highest BCUT2D eigenvalue weighted by atomic mass is 16.2. The quantitative estimate of drug-likeness (QED) is 0.586. The van der Waals surface area contributed by atoms with Crippen LogP contribution < -0.4 is 4.90 Å². The average Bonchev–Trinajstić information content (AvgIpc) is 2.75. The Morgan fingerprint density at radius 1 is 1.15 bits per heavy atom. The normalized spacial score (nSPS) is 18.6. The third-order valence-corrected chi connectivity index (χ3v) is 3.31. The molecule has 1 aromatic carbocycles. The van der Waals surface area contributed by atoms with E-state index in [2.05, 4.69) is 13.2 Å². The van der Waals surface area contributed by atoms with Crippen LogP contribution in [-0.2, 0) is 9.59 Å². The second kappa shape index (κ2) is 6.30. The molecule has 2 amide bonds. The number of carbonyl (C=O) groups is 2. The van der Waals surface area contributed by atoms with E-state index in [0.29, 0.717) is 18.8 Å². The topological polar surface area (TPSA) is 40.6 Å². The molecule has 0 spiro atoms. The van der Waals surface area contributed by atoms with Gasteiger partial charge < -0.3 is 0 Å². The first kappa shape index (κ1) is 14.2. The Hall–Kier alpha value is -2.20. The number of benzene rings is 1. The van der Waals surface area contributed by atoms with Crippen molar-refractivity contribution in [3.05, 3.63) is 55.6 Å². The Balaban J connectivity index is 2.23. The summed E-state index contributed by atoms with van der Waals surface area (Å²) in [6.45, 7) is 8.49. The van der Waals surface area contributed by atoms with Gasteiger partial charge in [0.05, 0.1) is 18.2 Å². The number of nitrogens with zero attached hydrogens (tertiary/aromatic N) is 2. The molecule has 2 rings (SSSR count). The summed E-state index contributed by atoms with van der Waals surface area (Å²) in [4.78, 5) is 27.8. The minimum atomic E-state index is -0.432. The van der Waals surface area contributed by atoms with Crippen LogP contribution in [-0.4, -0.2) is 35.8 Å². The molecule has 0 aliphatic carbocycles. The van der Waals surface area contributed by atoms with Crippen molar-refractivity contribution in [3.63, 3.8) is 0 Å². The van der Waals surface area contributed by atoms with Crippen molar-refractivity contribution >= 4 is 17.5 Å². The van der Waals surface area contributed by atoms with Gasteiger partial charge in [0.2, 0.25) is 5.91 Å². The predicted molar refractivity (Wildman–Crippen MR) is 79.3 cm³/mol. The number of rotatable bonds is 6. The molecule has 1 aliphatic rings. The van der Waals surface area contributed by atoms with Crippen molar-refractivity contribution in [1.82, 2.24) is 4.90 Å². The molecule has 0 saturated carbocycles. The molecule has 1 fully saturated rings. The van der Waals surface area contributed by atoms with Gasteiger partial charge in [-0.3, -0.25) is 14.5 Å². The minimum Gasteiger partial charge on any atom is -0.284 e. The summed E-state index contributed by atoms with van der Waals surface area (Å²) in [5.74, 6) is -0.339. The number of hydrogen-bond acceptors (Lipinski definition) is 3. The second-order valence-electron chi connectivity index (χ2n) is 4.65. The summed E-state index contributed by atoms with van der Waals surface area (Å²) in [6.07, 6.45) is 3.66. The highest BCUT2D eigenvalue weighted by molar-refractivity contribution is 6.22. The molecule has 0 bridgehead atoms. The van der Waals surface area contributed by atoms with Crippen LogP contribution in [0, 0.1) is 0 Å². The van der Waals surface area contributed by atoms with Crippen molar-refractivity contribution in [2.75, 3.05) is 18.0 Å². The first-order valence-electron chi connectivity index (χ1n) is 6.56. The van der Waals surface area contributed by atoms with E-state index in [-0.39, 0.29) is 18.2 Å². The first-order valence-corrected chi connectivity index (χ1v) is 6.56. The summed E-state index contributed by atoms with van der Waals surface area (Å²) in [5.41, 5.74) is 0.627. The van der Waals surface area contributed by atoms with Gasteiger partial charge in [-0.15, -0.1) is 13.2 Å². The van der Waals surface area contributed by atoms with Gasteiger partial charge in [0, 0.05) is 13.1 Å². The van der Waals surface area contributed by atoms with Crippen molar-refractivity contribution in [2.45, 2.75) is 12.5 Å². The van der Waals surface area contributed by atoms with Crippen molar-refractivity contribution < 1.29 is 9.59 Å². The Morgan fingerprint density at radius 2 is 1.75 bits per heavy atom. The fourth-order valence-corrected chi connectivity index (χ4v) is 2.41. The highest BCUT2D eigenvalue weighted by Gasteiger charge is 2.41. The second-order valence-corrected chi connectivity index (χ2v) is 4.65. The lowest BCUT2D eigenvalue weighted by Gasteiger charge is -2.24. The standard InChI is InChI=1S/C16H18N2O2/c1-3-10-17(11-4-2)14-12-15(19)18(16(14)20)13-8-6-5-7-9-13/h3-9,14H,1-2,10-12H2. The number of hydrogen-bond donors (Lipinski definition) is 0. The summed E-state index contributed by atoms with van der Waals surface area (Å²) >= 11 is 0. The van der Waals surface area contributed by atoms with Crippen LogP contribution in [0.25, 0.3) is 0 Å². The number of imide groups is 1. The van der Waals surface area contributed by atoms with Gasteiger partial charge in [-0.2, -0.15) is 0 Å². The molecule has 104 valence electrons. The van der Waals surface area contributed by atoms with Crippen molar-refractivity contribution in [3.8, 4) is 0 Å². The third-order valence-electron chi connectivity index (χ3n) is 3.31. The molecular formula is C16H18N2O2. The van der Waals surface area contributed by atoms with Gasteiger partial charge in [-0.1, -0.05) is 30.4 Å². The lowest BCUT2D eigenvalue weighted by Crippen LogP contribution is -2.42. The fraction of sp³-hybridized carbons (Fsp3) is 0.250. The number of carbonyl (C=O) groups excluding carboxylic acids is 2. The molecule has 1 heterocycles. The zero-order chi connectivity index (χ0) is 14.5. The monoisotopic (exact) mass is 270 g/mol. The highest BCUT2D eigenvalue weighted by Crippen LogP contribution is 2.25. The predicted octanol–water partition coefficient (Wildman–Crippen LogP) is 1.99. The van der Waals surface area contributed by atoms with E-state index in [1.807, 2.05) is 23.1 Å². The molecule has 1 unspecified atom stereocenters. The average molecular weight is 270 g/mol. The van der Waals surface area contributed by atoms with Gasteiger partial charge in [-0.25, -0.2) is 4.90 Å². The molecule has 0 aromatic heterocycles. The summed E-state index contributed by atoms with van der Waals surface area (Å²) in [5, 5.41) is 0. The molecule has 1 aromatic rings. The molecule has 4 heteroatoms. The lowest BCUT2D eigenvalue weighted by molar-refractivity contribution is -0.122. The van der Waals surface area contributed by atoms with Crippen molar-refractivity contribution in [2.24, 2.45) is 0 Å². The largest absolute Gasteiger partial charge is 0.284 e. The van der Waals surface area contributed by atoms with E-state index in [1.54, 1.807) is 24.3 Å². The van der Waals surface area contributed by atoms with Gasteiger partial charge in [0.25, 0.3) is 5.91 Å². The lowest BCUT2D eigenvalue weighted by atomic mass is 10.2. The van der Waals surface area contributed by atoms with Crippen LogP contribution in [0.4, 0.5) is 5.69 Å². The third kappa shape index (κ3) is 2.70. The van der Waals surface area contributed by atoms with E-state index < -0.39 is 6.04 Å². The number of para-hydroxylation sites is 1. The van der Waals surface area contributed by atoms with E-state index in [0.717, 1.165) is 0 Å². The molecule has 1 saturated heterocycles. The van der Waals surface area contributed by atoms with Crippen molar-refractivity contribution in [1.29, 1.82) is 0 Å². The molecule has 20 heavy (non-hydrogen) atoms. The van der Waals surface area contributed by atoms with E-state index in [9.17, 15) is 9.59 Å². The summed E-state index contributed by atoms with van der Waals surface area (Å²) < 4.78 is 0. The van der Waals surface area contributed by atoms with Gasteiger partial charge in [0.15, 0.2) is 0 Å². The van der Waals surface area contributed by atoms with Crippen LogP contribution >= 0.6 is 0 Å². The Kier molecular flexibility index (Phi) is 4.48. The van der Waals surface area contributed by atoms with E-state index in [4.69, 9.17) is 0 Å². The molecule has 1 atom stereocenters. The summed E-state index contributed by atoms with van der Waals surface area (Å²) in [6, 6.07) is 8.59. The maximum absolute atomic E-state index is 12.5. The Labute approximate surface area is 119 Å². The van der Waals surface area contributed by atoms with E-state index in [1.165, 1.54) is 4.90 Å². The van der Waals surface area contributed by atoms with E-state index >= 15 is 0 Å². The molecule has 0 radical (unpaired) electrons. The van der Waals surface area contributed by atoms with Gasteiger partial charge >= 0.3 is 0 Å². The molecule has 0 N–H and O–H groups in total. The first-order chi connectivity index (χ1) is 9.69. The fourth-order valence-electron chi connectivity index (χ4n) is 2.41. The van der Waals surface area contributed by atoms with Crippen LogP contribution in [0.5, 0.6) is 0 Å². The van der Waals surface area contributed by atoms with Gasteiger partial charge in [0.1, 0.15) is 0 Å². The SMILES string of the molecule is C=CCN(CC=C)C1CC(=O)N(c2ccccc2)C1=O. The Bertz CT molecular complexity index is 515. The summed E-state index contributed by atoms with van der Waals surface area (Å²) in [7, 11) is 0. The van der Waals surface area contributed by atoms with Gasteiger partial charge in [-0.05, 0) is 12.1 Å².